The number of hydrogen-bond donors (Lipinski definition) is 0. The van der Waals surface area contributed by atoms with E-state index >= 15 is 0 Å². The molecule has 0 saturated carbocycles. The number of ketones is 1. The van der Waals surface area contributed by atoms with Crippen LogP contribution in [0, 0.1) is 0 Å². The van der Waals surface area contributed by atoms with Gasteiger partial charge in [-0.15, -0.1) is 0 Å². The quantitative estimate of drug-likeness (QED) is 0.110. The molecule has 9 heteroatoms. The van der Waals surface area contributed by atoms with Crippen LogP contribution in [-0.2, 0) is 16.2 Å². The highest BCUT2D eigenvalue weighted by Crippen LogP contribution is 2.28. The number of fused-ring (bicyclic) bond motifs is 1. The van der Waals surface area contributed by atoms with E-state index in [1.54, 1.807) is 30.3 Å². The average Bonchev–Trinajstić information content (AvgIpc) is 2.81. The lowest BCUT2D eigenvalue weighted by Crippen LogP contribution is -2.27. The molecule has 0 amide bonds. The molecule has 7 nitrogen and oxygen atoms in total. The van der Waals surface area contributed by atoms with Gasteiger partial charge < -0.3 is 14.2 Å². The lowest BCUT2D eigenvalue weighted by Gasteiger charge is -2.19. The molecule has 0 aliphatic rings. The van der Waals surface area contributed by atoms with Crippen molar-refractivity contribution in [2.24, 2.45) is 0 Å². The van der Waals surface area contributed by atoms with Crippen LogP contribution in [0.4, 0.5) is 0 Å². The summed E-state index contributed by atoms with van der Waals surface area (Å²) < 4.78 is 19.1. The van der Waals surface area contributed by atoms with Gasteiger partial charge in [0, 0.05) is 40.5 Å². The first kappa shape index (κ1) is 29.0. The maximum absolute atomic E-state index is 13.7. The molecule has 0 atom stereocenters. The minimum absolute atomic E-state index is 0.0543. The normalized spacial score (nSPS) is 12.2. The molecule has 37 heavy (non-hydrogen) atoms. The van der Waals surface area contributed by atoms with Gasteiger partial charge in [0.1, 0.15) is 23.8 Å². The van der Waals surface area contributed by atoms with Gasteiger partial charge in [-0.25, -0.2) is 4.98 Å². The van der Waals surface area contributed by atoms with Crippen LogP contribution in [0.2, 0.25) is 51.4 Å². The fourth-order valence-corrected chi connectivity index (χ4v) is 5.24. The fraction of sp³-hybridized carbons (Fsp3) is 0.464. The molecule has 0 aliphatic carbocycles. The van der Waals surface area contributed by atoms with Crippen molar-refractivity contribution in [3.05, 3.63) is 58.4 Å². The Hall–Kier alpha value is -2.60. The highest BCUT2D eigenvalue weighted by atomic mass is 28.3. The third-order valence-electron chi connectivity index (χ3n) is 6.01. The predicted octanol–water partition coefficient (Wildman–Crippen LogP) is 6.27. The highest BCUT2D eigenvalue weighted by molar-refractivity contribution is 6.76. The number of benzene rings is 2. The minimum atomic E-state index is -1.29. The molecule has 0 aliphatic heterocycles. The standard InChI is InChI=1S/C28H40N2O5Si2/c1-21(31)22-11-8-9-12-23(22)27-29-26-24(28(32)30(27)19-33-15-17-36(2,3)4)13-10-14-25(26)35-20-34-16-18-37(5,6)7/h8-14H,15-20H2,1-7H3. The van der Waals surface area contributed by atoms with Crippen molar-refractivity contribution >= 4 is 32.8 Å². The molecule has 0 unspecified atom stereocenters. The zero-order valence-corrected chi connectivity index (χ0v) is 25.2. The van der Waals surface area contributed by atoms with Crippen LogP contribution in [-0.4, -0.2) is 51.5 Å². The first-order chi connectivity index (χ1) is 17.4. The lowest BCUT2D eigenvalue weighted by atomic mass is 10.0. The van der Waals surface area contributed by atoms with Gasteiger partial charge in [-0.2, -0.15) is 0 Å². The van der Waals surface area contributed by atoms with E-state index in [-0.39, 0.29) is 24.9 Å². The first-order valence-corrected chi connectivity index (χ1v) is 20.2. The Morgan fingerprint density at radius 1 is 0.892 bits per heavy atom. The van der Waals surface area contributed by atoms with Gasteiger partial charge in [0.15, 0.2) is 12.6 Å². The number of ether oxygens (including phenoxy) is 3. The molecular weight excluding hydrogens is 500 g/mol. The number of carbonyl (C=O) groups is 1. The number of nitrogens with zero attached hydrogens (tertiary/aromatic N) is 2. The second kappa shape index (κ2) is 12.3. The third kappa shape index (κ3) is 8.19. The van der Waals surface area contributed by atoms with E-state index in [1.165, 1.54) is 11.5 Å². The smallest absolute Gasteiger partial charge is 0.263 e. The summed E-state index contributed by atoms with van der Waals surface area (Å²) in [5.41, 5.74) is 1.28. The van der Waals surface area contributed by atoms with Crippen LogP contribution in [0.1, 0.15) is 17.3 Å². The number of hydrogen-bond acceptors (Lipinski definition) is 6. The number of carbonyl (C=O) groups excluding carboxylic acids is 1. The van der Waals surface area contributed by atoms with Crippen molar-refractivity contribution in [1.82, 2.24) is 9.55 Å². The van der Waals surface area contributed by atoms with Gasteiger partial charge in [-0.1, -0.05) is 69.6 Å². The molecule has 3 rings (SSSR count). The zero-order chi connectivity index (χ0) is 27.2. The van der Waals surface area contributed by atoms with E-state index in [2.05, 4.69) is 39.3 Å². The molecule has 0 spiro atoms. The molecule has 3 aromatic rings. The summed E-state index contributed by atoms with van der Waals surface area (Å²) in [4.78, 5) is 31.0. The molecule has 0 radical (unpaired) electrons. The fourth-order valence-electron chi connectivity index (χ4n) is 3.72. The van der Waals surface area contributed by atoms with Gasteiger partial charge >= 0.3 is 0 Å². The maximum atomic E-state index is 13.7. The van der Waals surface area contributed by atoms with Gasteiger partial charge in [0.05, 0.1) is 5.39 Å². The van der Waals surface area contributed by atoms with Crippen LogP contribution < -0.4 is 10.3 Å². The van der Waals surface area contributed by atoms with Crippen molar-refractivity contribution in [1.29, 1.82) is 0 Å². The summed E-state index contributed by atoms with van der Waals surface area (Å²) in [6.45, 7) is 16.6. The molecule has 2 aromatic carbocycles. The van der Waals surface area contributed by atoms with Crippen LogP contribution in [0.5, 0.6) is 5.75 Å². The Labute approximate surface area is 221 Å². The first-order valence-electron chi connectivity index (χ1n) is 12.8. The topological polar surface area (TPSA) is 79.7 Å². The Kier molecular flexibility index (Phi) is 9.63. The van der Waals surface area contributed by atoms with Crippen LogP contribution in [0.25, 0.3) is 22.3 Å². The Bertz CT molecular complexity index is 1290. The molecule has 1 aromatic heterocycles. The number of Topliss-reactive ketones (excluding diaryl/α,β-unsaturated/α-hetero) is 1. The number of aromatic nitrogens is 2. The van der Waals surface area contributed by atoms with Crippen molar-refractivity contribution in [3.8, 4) is 17.1 Å². The van der Waals surface area contributed by atoms with Crippen molar-refractivity contribution in [2.75, 3.05) is 20.0 Å². The second-order valence-corrected chi connectivity index (χ2v) is 23.0. The van der Waals surface area contributed by atoms with E-state index in [9.17, 15) is 9.59 Å². The van der Waals surface area contributed by atoms with Crippen molar-refractivity contribution in [3.63, 3.8) is 0 Å². The monoisotopic (exact) mass is 540 g/mol. The molecule has 0 saturated heterocycles. The largest absolute Gasteiger partial charge is 0.465 e. The second-order valence-electron chi connectivity index (χ2n) is 11.8. The Morgan fingerprint density at radius 2 is 1.54 bits per heavy atom. The zero-order valence-electron chi connectivity index (χ0n) is 23.2. The number of para-hydroxylation sites is 1. The van der Waals surface area contributed by atoms with Gasteiger partial charge in [0.2, 0.25) is 0 Å². The van der Waals surface area contributed by atoms with E-state index in [1.807, 2.05) is 12.1 Å². The maximum Gasteiger partial charge on any atom is 0.263 e. The molecule has 1 heterocycles. The average molecular weight is 541 g/mol. The van der Waals surface area contributed by atoms with Crippen molar-refractivity contribution in [2.45, 2.75) is 65.0 Å². The Balaban J connectivity index is 2.01. The molecule has 0 bridgehead atoms. The van der Waals surface area contributed by atoms with Crippen LogP contribution in [0.15, 0.2) is 47.3 Å². The summed E-state index contributed by atoms with van der Waals surface area (Å²) in [6.07, 6.45) is 0. The summed E-state index contributed by atoms with van der Waals surface area (Å²) in [5, 5.41) is 0.428. The molecule has 200 valence electrons. The van der Waals surface area contributed by atoms with Gasteiger partial charge in [0.25, 0.3) is 5.56 Å². The molecule has 0 fully saturated rings. The summed E-state index contributed by atoms with van der Waals surface area (Å²) in [6, 6.07) is 14.5. The van der Waals surface area contributed by atoms with Crippen molar-refractivity contribution < 1.29 is 19.0 Å². The van der Waals surface area contributed by atoms with E-state index in [0.29, 0.717) is 46.8 Å². The highest BCUT2D eigenvalue weighted by Gasteiger charge is 2.20. The summed E-state index contributed by atoms with van der Waals surface area (Å²) in [5.74, 6) is 0.749. The predicted molar refractivity (Wildman–Crippen MR) is 155 cm³/mol. The van der Waals surface area contributed by atoms with E-state index in [0.717, 1.165) is 12.1 Å². The SMILES string of the molecule is CC(=O)c1ccccc1-c1nc2c(OCOCC[Si](C)(C)C)cccc2c(=O)n1COCC[Si](C)(C)C. The lowest BCUT2D eigenvalue weighted by molar-refractivity contribution is 0.0228. The molecule has 0 N–H and O–H groups in total. The van der Waals surface area contributed by atoms with E-state index < -0.39 is 16.1 Å². The minimum Gasteiger partial charge on any atom is -0.465 e. The number of rotatable bonds is 13. The summed E-state index contributed by atoms with van der Waals surface area (Å²) in [7, 11) is -2.49. The van der Waals surface area contributed by atoms with E-state index in [4.69, 9.17) is 19.2 Å². The van der Waals surface area contributed by atoms with Gasteiger partial charge in [-0.05, 0) is 31.1 Å². The third-order valence-corrected chi connectivity index (χ3v) is 9.41. The van der Waals surface area contributed by atoms with Crippen LogP contribution in [0.3, 0.4) is 0 Å². The summed E-state index contributed by atoms with van der Waals surface area (Å²) >= 11 is 0. The molecular formula is C28H40N2O5Si2. The Morgan fingerprint density at radius 3 is 2.19 bits per heavy atom. The van der Waals surface area contributed by atoms with Gasteiger partial charge in [-0.3, -0.25) is 14.2 Å². The van der Waals surface area contributed by atoms with Crippen LogP contribution >= 0.6 is 0 Å².